The van der Waals surface area contributed by atoms with Crippen LogP contribution >= 0.6 is 11.8 Å². The summed E-state index contributed by atoms with van der Waals surface area (Å²) in [4.78, 5) is 14.9. The van der Waals surface area contributed by atoms with Crippen LogP contribution in [-0.4, -0.2) is 64.9 Å². The molecular weight excluding hydrogens is 389 g/mol. The number of hydrogen-bond donors (Lipinski definition) is 3. The second-order valence-corrected chi connectivity index (χ2v) is 10.2. The maximum atomic E-state index is 13.0. The van der Waals surface area contributed by atoms with Crippen LogP contribution in [0.4, 0.5) is 13.2 Å². The molecule has 5 atom stereocenters. The first-order chi connectivity index (χ1) is 13.3. The molecule has 4 aliphatic rings. The topological polar surface area (TPSA) is 70.4 Å². The lowest BCUT2D eigenvalue weighted by atomic mass is 9.85. The average Bonchev–Trinajstić information content (AvgIpc) is 3.33. The van der Waals surface area contributed by atoms with E-state index < -0.39 is 11.7 Å². The van der Waals surface area contributed by atoms with Gasteiger partial charge in [-0.05, 0) is 44.4 Å². The van der Waals surface area contributed by atoms with Crippen LogP contribution < -0.4 is 16.4 Å². The fourth-order valence-electron chi connectivity index (χ4n) is 5.01. The molecule has 4 N–H and O–H groups in total. The van der Waals surface area contributed by atoms with Gasteiger partial charge in [0.05, 0.1) is 6.04 Å². The standard InChI is InChI=1S/C19H31F3N4OS/c20-19(21,22)18(6-7-18)24-11-28-16-10-26(8-5-13(16)23)17(27)15-9-12-3-1-2-4-14(12)25-15/h12-16,24-25H,1-11,23H2. The number of nitrogens with one attached hydrogen (secondary N) is 2. The number of carbonyl (C=O) groups excluding carboxylic acids is 1. The lowest BCUT2D eigenvalue weighted by Gasteiger charge is -2.38. The number of amides is 1. The van der Waals surface area contributed by atoms with Crippen LogP contribution in [0.5, 0.6) is 0 Å². The van der Waals surface area contributed by atoms with E-state index in [2.05, 4.69) is 10.6 Å². The zero-order chi connectivity index (χ0) is 19.9. The highest BCUT2D eigenvalue weighted by molar-refractivity contribution is 7.99. The Hall–Kier alpha value is -0.510. The number of hydrogen-bond acceptors (Lipinski definition) is 5. The molecule has 28 heavy (non-hydrogen) atoms. The maximum Gasteiger partial charge on any atom is 0.406 e. The van der Waals surface area contributed by atoms with Crippen molar-refractivity contribution in [3.8, 4) is 0 Å². The minimum Gasteiger partial charge on any atom is -0.340 e. The number of rotatable bonds is 5. The molecule has 0 aromatic carbocycles. The number of alkyl halides is 3. The van der Waals surface area contributed by atoms with Crippen LogP contribution in [0.2, 0.25) is 0 Å². The Labute approximate surface area is 168 Å². The van der Waals surface area contributed by atoms with Crippen LogP contribution in [0.3, 0.4) is 0 Å². The molecule has 0 aromatic rings. The second-order valence-electron chi connectivity index (χ2n) is 8.95. The van der Waals surface area contributed by atoms with E-state index in [9.17, 15) is 18.0 Å². The van der Waals surface area contributed by atoms with E-state index in [0.29, 0.717) is 31.5 Å². The lowest BCUT2D eigenvalue weighted by Crippen LogP contribution is -2.55. The fraction of sp³-hybridized carbons (Fsp3) is 0.947. The number of piperidine rings is 1. The van der Waals surface area contributed by atoms with Gasteiger partial charge in [-0.3, -0.25) is 10.1 Å². The first-order valence-electron chi connectivity index (χ1n) is 10.5. The highest BCUT2D eigenvalue weighted by Crippen LogP contribution is 2.49. The number of likely N-dealkylation sites (tertiary alicyclic amines) is 1. The number of carbonyl (C=O) groups is 1. The molecule has 160 valence electrons. The summed E-state index contributed by atoms with van der Waals surface area (Å²) in [5, 5.41) is 6.19. The molecule has 0 bridgehead atoms. The van der Waals surface area contributed by atoms with Crippen molar-refractivity contribution in [2.45, 2.75) is 86.5 Å². The fourth-order valence-corrected chi connectivity index (χ4v) is 6.26. The predicted octanol–water partition coefficient (Wildman–Crippen LogP) is 2.21. The summed E-state index contributed by atoms with van der Waals surface area (Å²) in [6, 6.07) is 0.281. The summed E-state index contributed by atoms with van der Waals surface area (Å²) in [6.45, 7) is 1.17. The molecule has 4 rings (SSSR count). The summed E-state index contributed by atoms with van der Waals surface area (Å²) >= 11 is 1.42. The van der Waals surface area contributed by atoms with E-state index >= 15 is 0 Å². The van der Waals surface area contributed by atoms with Crippen molar-refractivity contribution in [2.24, 2.45) is 11.7 Å². The molecular formula is C19H31F3N4OS. The van der Waals surface area contributed by atoms with Crippen LogP contribution in [0.15, 0.2) is 0 Å². The molecule has 0 spiro atoms. The van der Waals surface area contributed by atoms with Crippen molar-refractivity contribution >= 4 is 17.7 Å². The van der Waals surface area contributed by atoms with Crippen LogP contribution in [0.1, 0.15) is 51.4 Å². The second kappa shape index (κ2) is 7.96. The zero-order valence-electron chi connectivity index (χ0n) is 16.1. The summed E-state index contributed by atoms with van der Waals surface area (Å²) in [5.41, 5.74) is 4.52. The predicted molar refractivity (Wildman–Crippen MR) is 104 cm³/mol. The van der Waals surface area contributed by atoms with Crippen molar-refractivity contribution < 1.29 is 18.0 Å². The normalized spacial score (nSPS) is 37.6. The molecule has 1 amide bonds. The quantitative estimate of drug-likeness (QED) is 0.595. The van der Waals surface area contributed by atoms with Gasteiger partial charge in [0.1, 0.15) is 5.54 Å². The van der Waals surface area contributed by atoms with Gasteiger partial charge in [-0.2, -0.15) is 13.2 Å². The summed E-state index contributed by atoms with van der Waals surface area (Å²) in [7, 11) is 0. The monoisotopic (exact) mass is 420 g/mol. The molecule has 5 nitrogen and oxygen atoms in total. The smallest absolute Gasteiger partial charge is 0.340 e. The Bertz CT molecular complexity index is 572. The molecule has 0 aromatic heterocycles. The van der Waals surface area contributed by atoms with E-state index in [-0.39, 0.29) is 42.0 Å². The van der Waals surface area contributed by atoms with Gasteiger partial charge in [-0.25, -0.2) is 0 Å². The first-order valence-corrected chi connectivity index (χ1v) is 11.6. The van der Waals surface area contributed by atoms with Crippen molar-refractivity contribution in [2.75, 3.05) is 19.0 Å². The number of nitrogens with zero attached hydrogens (tertiary/aromatic N) is 1. The minimum atomic E-state index is -4.20. The average molecular weight is 421 g/mol. The van der Waals surface area contributed by atoms with Gasteiger partial charge in [0, 0.05) is 36.3 Å². The highest BCUT2D eigenvalue weighted by Gasteiger charge is 2.63. The molecule has 2 saturated heterocycles. The molecule has 2 aliphatic carbocycles. The molecule has 4 fully saturated rings. The van der Waals surface area contributed by atoms with Gasteiger partial charge in [-0.15, -0.1) is 11.8 Å². The van der Waals surface area contributed by atoms with Gasteiger partial charge < -0.3 is 16.0 Å². The van der Waals surface area contributed by atoms with Gasteiger partial charge in [0.25, 0.3) is 0 Å². The summed E-state index contributed by atoms with van der Waals surface area (Å²) < 4.78 is 39.1. The third kappa shape index (κ3) is 4.18. The Morgan fingerprint density at radius 3 is 2.68 bits per heavy atom. The number of fused-ring (bicyclic) bond motifs is 1. The molecule has 9 heteroatoms. The Balaban J connectivity index is 1.28. The van der Waals surface area contributed by atoms with Crippen molar-refractivity contribution in [1.82, 2.24) is 15.5 Å². The van der Waals surface area contributed by atoms with E-state index in [1.54, 1.807) is 0 Å². The SMILES string of the molecule is NC1CCN(C(=O)C2CC3CCCCC3N2)CC1SCNC1(C(F)(F)F)CC1. The summed E-state index contributed by atoms with van der Waals surface area (Å²) in [5.74, 6) is 0.973. The Kier molecular flexibility index (Phi) is 5.90. The first kappa shape index (κ1) is 20.8. The molecule has 2 aliphatic heterocycles. The van der Waals surface area contributed by atoms with Crippen LogP contribution in [-0.2, 0) is 4.79 Å². The zero-order valence-corrected chi connectivity index (χ0v) is 17.0. The molecule has 2 heterocycles. The van der Waals surface area contributed by atoms with E-state index in [0.717, 1.165) is 12.8 Å². The third-order valence-corrected chi connectivity index (χ3v) is 8.32. The maximum absolute atomic E-state index is 13.0. The number of thioether (sulfide) groups is 1. The highest BCUT2D eigenvalue weighted by atomic mass is 32.2. The van der Waals surface area contributed by atoms with Gasteiger partial charge >= 0.3 is 6.18 Å². The molecule has 0 radical (unpaired) electrons. The largest absolute Gasteiger partial charge is 0.406 e. The van der Waals surface area contributed by atoms with Gasteiger partial charge in [-0.1, -0.05) is 12.8 Å². The minimum absolute atomic E-state index is 0.0297. The Morgan fingerprint density at radius 2 is 2.00 bits per heavy atom. The van der Waals surface area contributed by atoms with Crippen molar-refractivity contribution in [3.63, 3.8) is 0 Å². The van der Waals surface area contributed by atoms with Crippen molar-refractivity contribution in [1.29, 1.82) is 0 Å². The lowest BCUT2D eigenvalue weighted by molar-refractivity contribution is -0.164. The van der Waals surface area contributed by atoms with Gasteiger partial charge in [0.15, 0.2) is 0 Å². The van der Waals surface area contributed by atoms with Crippen LogP contribution in [0, 0.1) is 5.92 Å². The van der Waals surface area contributed by atoms with E-state index in [1.165, 1.54) is 31.0 Å². The number of halogens is 3. The third-order valence-electron chi connectivity index (χ3n) is 7.08. The Morgan fingerprint density at radius 1 is 1.25 bits per heavy atom. The van der Waals surface area contributed by atoms with Crippen molar-refractivity contribution in [3.05, 3.63) is 0 Å². The van der Waals surface area contributed by atoms with E-state index in [1.807, 2.05) is 4.90 Å². The molecule has 2 saturated carbocycles. The van der Waals surface area contributed by atoms with Crippen LogP contribution in [0.25, 0.3) is 0 Å². The summed E-state index contributed by atoms with van der Waals surface area (Å²) in [6.07, 6.45) is 2.57. The van der Waals surface area contributed by atoms with Gasteiger partial charge in [0.2, 0.25) is 5.91 Å². The molecule has 5 unspecified atom stereocenters. The number of nitrogens with two attached hydrogens (primary N) is 1. The van der Waals surface area contributed by atoms with E-state index in [4.69, 9.17) is 5.73 Å².